The molecule has 2 aromatic rings. The smallest absolute Gasteiger partial charge is 0.410 e. The van der Waals surface area contributed by atoms with Crippen molar-refractivity contribution in [1.29, 1.82) is 0 Å². The van der Waals surface area contributed by atoms with Crippen LogP contribution >= 0.6 is 23.1 Å². The van der Waals surface area contributed by atoms with Crippen molar-refractivity contribution in [2.75, 3.05) is 26.0 Å². The van der Waals surface area contributed by atoms with E-state index in [2.05, 4.69) is 10.3 Å². The van der Waals surface area contributed by atoms with Gasteiger partial charge in [0.2, 0.25) is 0 Å². The number of nitrogens with one attached hydrogen (secondary N) is 1. The summed E-state index contributed by atoms with van der Waals surface area (Å²) in [5, 5.41) is 2.71. The third kappa shape index (κ3) is 5.07. The van der Waals surface area contributed by atoms with Crippen LogP contribution < -0.4 is 10.9 Å². The van der Waals surface area contributed by atoms with Crippen molar-refractivity contribution in [1.82, 2.24) is 19.6 Å². The fourth-order valence-corrected chi connectivity index (χ4v) is 5.02. The highest BCUT2D eigenvalue weighted by Crippen LogP contribution is 2.29. The normalized spacial score (nSPS) is 13.6. The molecule has 0 aliphatic carbocycles. The Morgan fingerprint density at radius 3 is 2.62 bits per heavy atom. The number of fused-ring (bicyclic) bond motifs is 3. The average molecular weight is 483 g/mol. The van der Waals surface area contributed by atoms with Crippen molar-refractivity contribution in [2.24, 2.45) is 0 Å². The summed E-state index contributed by atoms with van der Waals surface area (Å²) in [4.78, 5) is 57.4. The van der Waals surface area contributed by atoms with Gasteiger partial charge < -0.3 is 19.7 Å². The first-order valence-corrected chi connectivity index (χ1v) is 12.1. The Bertz CT molecular complexity index is 1120. The molecule has 0 radical (unpaired) electrons. The molecule has 10 nitrogen and oxygen atoms in total. The van der Waals surface area contributed by atoms with Crippen LogP contribution in [0.5, 0.6) is 0 Å². The number of carbonyl (C=O) groups excluding carboxylic acids is 3. The van der Waals surface area contributed by atoms with Gasteiger partial charge in [-0.15, -0.1) is 11.8 Å². The quantitative estimate of drug-likeness (QED) is 0.391. The minimum atomic E-state index is -0.680. The van der Waals surface area contributed by atoms with E-state index < -0.39 is 29.1 Å². The first-order chi connectivity index (χ1) is 15.1. The second-order valence-corrected chi connectivity index (χ2v) is 9.89. The molecule has 1 N–H and O–H groups in total. The van der Waals surface area contributed by atoms with E-state index >= 15 is 0 Å². The van der Waals surface area contributed by atoms with Gasteiger partial charge in [0.05, 0.1) is 13.2 Å². The maximum absolute atomic E-state index is 13.3. The molecule has 0 aromatic carbocycles. The average Bonchev–Trinajstić information content (AvgIpc) is 3.08. The van der Waals surface area contributed by atoms with Crippen molar-refractivity contribution in [3.63, 3.8) is 0 Å². The predicted molar refractivity (Wildman–Crippen MR) is 120 cm³/mol. The van der Waals surface area contributed by atoms with E-state index in [0.29, 0.717) is 24.5 Å². The predicted octanol–water partition coefficient (Wildman–Crippen LogP) is 2.06. The number of esters is 1. The lowest BCUT2D eigenvalue weighted by Gasteiger charge is -2.29. The fraction of sp³-hybridized carbons (Fsp3) is 0.550. The molecule has 1 aliphatic rings. The summed E-state index contributed by atoms with van der Waals surface area (Å²) >= 11 is 2.49. The third-order valence-electron chi connectivity index (χ3n) is 4.55. The van der Waals surface area contributed by atoms with Crippen LogP contribution in [0.3, 0.4) is 0 Å². The Balaban J connectivity index is 1.93. The van der Waals surface area contributed by atoms with E-state index in [1.807, 2.05) is 20.8 Å². The van der Waals surface area contributed by atoms with Gasteiger partial charge in [-0.3, -0.25) is 18.8 Å². The van der Waals surface area contributed by atoms with Gasteiger partial charge in [-0.2, -0.15) is 0 Å². The Morgan fingerprint density at radius 1 is 1.28 bits per heavy atom. The summed E-state index contributed by atoms with van der Waals surface area (Å²) < 4.78 is 11.7. The molecular formula is C20H26N4O6S2. The van der Waals surface area contributed by atoms with Crippen LogP contribution in [-0.2, 0) is 27.2 Å². The van der Waals surface area contributed by atoms with Gasteiger partial charge in [-0.25, -0.2) is 9.78 Å². The molecule has 0 fully saturated rings. The van der Waals surface area contributed by atoms with Crippen LogP contribution in [-0.4, -0.2) is 63.8 Å². The monoisotopic (exact) mass is 482 g/mol. The highest BCUT2D eigenvalue weighted by molar-refractivity contribution is 7.98. The minimum Gasteiger partial charge on any atom is -0.465 e. The molecule has 32 heavy (non-hydrogen) atoms. The molecule has 0 atom stereocenters. The maximum atomic E-state index is 13.3. The Morgan fingerprint density at radius 2 is 2.00 bits per heavy atom. The van der Waals surface area contributed by atoms with Gasteiger partial charge in [0.1, 0.15) is 22.7 Å². The van der Waals surface area contributed by atoms with Crippen molar-refractivity contribution in [3.8, 4) is 0 Å². The minimum absolute atomic E-state index is 0.116. The molecule has 3 rings (SSSR count). The molecule has 0 unspecified atom stereocenters. The summed E-state index contributed by atoms with van der Waals surface area (Å²) in [5.74, 6) is -1.27. The molecule has 2 amide bonds. The summed E-state index contributed by atoms with van der Waals surface area (Å²) in [5.41, 5.74) is -0.484. The lowest BCUT2D eigenvalue weighted by atomic mass is 10.1. The molecule has 2 aromatic heterocycles. The van der Waals surface area contributed by atoms with Crippen LogP contribution in [0.15, 0.2) is 9.82 Å². The molecule has 0 saturated carbocycles. The van der Waals surface area contributed by atoms with Crippen LogP contribution in [0, 0.1) is 0 Å². The number of hydrogen-bond acceptors (Lipinski definition) is 9. The lowest BCUT2D eigenvalue weighted by molar-refractivity contribution is -0.141. The number of aromatic nitrogens is 2. The van der Waals surface area contributed by atoms with Crippen molar-refractivity contribution < 1.29 is 23.9 Å². The number of thiazole rings is 1. The molecule has 0 saturated heterocycles. The summed E-state index contributed by atoms with van der Waals surface area (Å²) in [7, 11) is 0. The molecule has 0 spiro atoms. The zero-order valence-corrected chi connectivity index (χ0v) is 20.3. The van der Waals surface area contributed by atoms with Gasteiger partial charge in [-0.1, -0.05) is 11.3 Å². The SMILES string of the molecule is CCOC(=O)CNC(=O)c1c(SC)nc2sc3c(n2c1=O)CCN(C(=O)OC(C)(C)C)C3. The van der Waals surface area contributed by atoms with Crippen molar-refractivity contribution in [2.45, 2.75) is 51.3 Å². The Hall–Kier alpha value is -2.60. The zero-order valence-electron chi connectivity index (χ0n) is 18.6. The molecule has 174 valence electrons. The van der Waals surface area contributed by atoms with E-state index in [9.17, 15) is 19.2 Å². The van der Waals surface area contributed by atoms with Crippen molar-refractivity contribution in [3.05, 3.63) is 26.5 Å². The molecule has 1 aliphatic heterocycles. The number of thioether (sulfide) groups is 1. The van der Waals surface area contributed by atoms with Gasteiger partial charge in [0, 0.05) is 23.5 Å². The summed E-state index contributed by atoms with van der Waals surface area (Å²) in [6, 6.07) is 0. The topological polar surface area (TPSA) is 119 Å². The van der Waals surface area contributed by atoms with Gasteiger partial charge in [0.15, 0.2) is 4.96 Å². The second-order valence-electron chi connectivity index (χ2n) is 8.03. The van der Waals surface area contributed by atoms with Gasteiger partial charge in [-0.05, 0) is 34.0 Å². The zero-order chi connectivity index (χ0) is 23.6. The molecular weight excluding hydrogens is 456 g/mol. The number of hydrogen-bond donors (Lipinski definition) is 1. The number of nitrogens with zero attached hydrogens (tertiary/aromatic N) is 3. The van der Waals surface area contributed by atoms with E-state index in [0.717, 1.165) is 10.6 Å². The van der Waals surface area contributed by atoms with E-state index in [4.69, 9.17) is 9.47 Å². The van der Waals surface area contributed by atoms with Gasteiger partial charge >= 0.3 is 12.1 Å². The Labute approximate surface area is 193 Å². The number of carbonyl (C=O) groups is 3. The lowest BCUT2D eigenvalue weighted by Crippen LogP contribution is -2.40. The van der Waals surface area contributed by atoms with Crippen LogP contribution in [0.2, 0.25) is 0 Å². The number of amides is 2. The first-order valence-electron chi connectivity index (χ1n) is 10.1. The molecule has 3 heterocycles. The first kappa shape index (κ1) is 24.1. The second kappa shape index (κ2) is 9.49. The van der Waals surface area contributed by atoms with E-state index in [1.54, 1.807) is 18.1 Å². The highest BCUT2D eigenvalue weighted by Gasteiger charge is 2.30. The van der Waals surface area contributed by atoms with Gasteiger partial charge in [0.25, 0.3) is 11.5 Å². The fourth-order valence-electron chi connectivity index (χ4n) is 3.23. The maximum Gasteiger partial charge on any atom is 0.410 e. The van der Waals surface area contributed by atoms with Crippen molar-refractivity contribution >= 4 is 46.0 Å². The highest BCUT2D eigenvalue weighted by atomic mass is 32.2. The van der Waals surface area contributed by atoms with Crippen LogP contribution in [0.25, 0.3) is 4.96 Å². The summed E-state index contributed by atoms with van der Waals surface area (Å²) in [6.07, 6.45) is 1.74. The number of rotatable bonds is 5. The molecule has 0 bridgehead atoms. The van der Waals surface area contributed by atoms with Crippen LogP contribution in [0.1, 0.15) is 48.6 Å². The molecule has 12 heteroatoms. The third-order valence-corrected chi connectivity index (χ3v) is 6.30. The number of ether oxygens (including phenoxy) is 2. The van der Waals surface area contributed by atoms with E-state index in [1.165, 1.54) is 27.5 Å². The van der Waals surface area contributed by atoms with E-state index in [-0.39, 0.29) is 23.7 Å². The summed E-state index contributed by atoms with van der Waals surface area (Å²) in [6.45, 7) is 7.63. The van der Waals surface area contributed by atoms with Crippen LogP contribution in [0.4, 0.5) is 4.79 Å². The standard InChI is InChI=1S/C20H26N4O6S2/c1-6-29-13(25)9-21-15(26)14-16(31-5)22-18-24(17(14)27)11-7-8-23(10-12(11)32-18)19(28)30-20(2,3)4/h6-10H2,1-5H3,(H,21,26). The largest absolute Gasteiger partial charge is 0.465 e. The Kier molecular flexibility index (Phi) is 7.13.